The predicted molar refractivity (Wildman–Crippen MR) is 83.9 cm³/mol. The van der Waals surface area contributed by atoms with Crippen molar-refractivity contribution in [3.8, 4) is 0 Å². The molecule has 3 N–H and O–H groups in total. The molecule has 0 radical (unpaired) electrons. The molecule has 2 fully saturated rings. The summed E-state index contributed by atoms with van der Waals surface area (Å²) in [4.78, 5) is 48.3. The van der Waals surface area contributed by atoms with Crippen LogP contribution in [0.2, 0.25) is 0 Å². The lowest BCUT2D eigenvalue weighted by Gasteiger charge is -2.15. The van der Waals surface area contributed by atoms with Crippen molar-refractivity contribution in [2.75, 3.05) is 13.1 Å². The van der Waals surface area contributed by atoms with Crippen molar-refractivity contribution in [2.24, 2.45) is 0 Å². The fraction of sp³-hybridized carbons (Fsp3) is 0.375. The zero-order valence-corrected chi connectivity index (χ0v) is 13.0. The van der Waals surface area contributed by atoms with Gasteiger partial charge in [-0.3, -0.25) is 19.3 Å². The quantitative estimate of drug-likeness (QED) is 0.625. The van der Waals surface area contributed by atoms with Crippen molar-refractivity contribution in [3.05, 3.63) is 35.4 Å². The molecule has 0 aromatic heterocycles. The molecule has 3 rings (SSSR count). The Kier molecular flexibility index (Phi) is 4.45. The van der Waals surface area contributed by atoms with Crippen LogP contribution >= 0.6 is 0 Å². The van der Waals surface area contributed by atoms with Crippen LogP contribution in [-0.2, 0) is 16.1 Å². The van der Waals surface area contributed by atoms with Crippen molar-refractivity contribution in [1.82, 2.24) is 20.9 Å². The number of nitrogens with one attached hydrogen (secondary N) is 3. The van der Waals surface area contributed by atoms with E-state index in [1.54, 1.807) is 24.3 Å². The summed E-state index contributed by atoms with van der Waals surface area (Å²) in [6, 6.07) is 6.46. The molecule has 0 spiro atoms. The third-order valence-corrected chi connectivity index (χ3v) is 3.88. The van der Waals surface area contributed by atoms with E-state index >= 15 is 0 Å². The summed E-state index contributed by atoms with van der Waals surface area (Å²) in [5.74, 6) is -0.972. The van der Waals surface area contributed by atoms with Gasteiger partial charge < -0.3 is 16.0 Å². The van der Waals surface area contributed by atoms with Crippen molar-refractivity contribution in [2.45, 2.75) is 25.4 Å². The van der Waals surface area contributed by atoms with Crippen LogP contribution in [0.5, 0.6) is 0 Å². The standard InChI is InChI=1S/C16H18N4O4/c21-13(19-11-5-6-11)7-17-15(23)12-4-2-1-3-10(12)9-20-14(22)8-18-16(20)24/h1-4,11H,5-9H2,(H,17,23)(H,18,24)(H,19,21). The Morgan fingerprint density at radius 1 is 1.21 bits per heavy atom. The zero-order valence-electron chi connectivity index (χ0n) is 13.0. The third-order valence-electron chi connectivity index (χ3n) is 3.88. The van der Waals surface area contributed by atoms with Gasteiger partial charge in [-0.25, -0.2) is 4.79 Å². The van der Waals surface area contributed by atoms with Gasteiger partial charge in [0.1, 0.15) is 0 Å². The van der Waals surface area contributed by atoms with E-state index in [1.807, 2.05) is 0 Å². The van der Waals surface area contributed by atoms with Gasteiger partial charge in [-0.2, -0.15) is 0 Å². The van der Waals surface area contributed by atoms with Gasteiger partial charge in [-0.05, 0) is 24.5 Å². The summed E-state index contributed by atoms with van der Waals surface area (Å²) in [5.41, 5.74) is 0.882. The van der Waals surface area contributed by atoms with Crippen molar-refractivity contribution in [1.29, 1.82) is 0 Å². The summed E-state index contributed by atoms with van der Waals surface area (Å²) in [6.07, 6.45) is 1.96. The maximum absolute atomic E-state index is 12.3. The number of imide groups is 1. The predicted octanol–water partition coefficient (Wildman–Crippen LogP) is -0.253. The van der Waals surface area contributed by atoms with Crippen LogP contribution in [0.25, 0.3) is 0 Å². The molecule has 1 heterocycles. The van der Waals surface area contributed by atoms with Crippen LogP contribution in [0, 0.1) is 0 Å². The van der Waals surface area contributed by atoms with E-state index in [4.69, 9.17) is 0 Å². The van der Waals surface area contributed by atoms with Crippen molar-refractivity contribution < 1.29 is 19.2 Å². The second-order valence-corrected chi connectivity index (χ2v) is 5.82. The number of hydrogen-bond acceptors (Lipinski definition) is 4. The fourth-order valence-corrected chi connectivity index (χ4v) is 2.43. The van der Waals surface area contributed by atoms with Gasteiger partial charge in [0.2, 0.25) is 11.8 Å². The lowest BCUT2D eigenvalue weighted by molar-refractivity contribution is -0.125. The molecule has 1 aliphatic heterocycles. The maximum atomic E-state index is 12.3. The molecule has 24 heavy (non-hydrogen) atoms. The molecular formula is C16H18N4O4. The van der Waals surface area contributed by atoms with Crippen LogP contribution < -0.4 is 16.0 Å². The number of nitrogens with zero attached hydrogens (tertiary/aromatic N) is 1. The molecule has 1 aromatic rings. The minimum atomic E-state index is -0.473. The minimum Gasteiger partial charge on any atom is -0.352 e. The molecule has 8 nitrogen and oxygen atoms in total. The van der Waals surface area contributed by atoms with Crippen LogP contribution in [0.15, 0.2) is 24.3 Å². The van der Waals surface area contributed by atoms with E-state index in [2.05, 4.69) is 16.0 Å². The first-order valence-corrected chi connectivity index (χ1v) is 7.78. The number of carbonyl (C=O) groups is 4. The second kappa shape index (κ2) is 6.69. The van der Waals surface area contributed by atoms with E-state index in [0.29, 0.717) is 11.1 Å². The van der Waals surface area contributed by atoms with Crippen LogP contribution in [0.1, 0.15) is 28.8 Å². The number of urea groups is 1. The first-order valence-electron chi connectivity index (χ1n) is 7.78. The molecular weight excluding hydrogens is 312 g/mol. The third kappa shape index (κ3) is 3.70. The summed E-state index contributed by atoms with van der Waals surface area (Å²) in [6.45, 7) is -0.121. The fourth-order valence-electron chi connectivity index (χ4n) is 2.43. The Balaban J connectivity index is 1.64. The normalized spacial score (nSPS) is 16.8. The Hall–Kier alpha value is -2.90. The van der Waals surface area contributed by atoms with Crippen molar-refractivity contribution >= 4 is 23.8 Å². The molecule has 126 valence electrons. The van der Waals surface area contributed by atoms with Crippen LogP contribution in [0.4, 0.5) is 4.79 Å². The van der Waals surface area contributed by atoms with Crippen molar-refractivity contribution in [3.63, 3.8) is 0 Å². The second-order valence-electron chi connectivity index (χ2n) is 5.82. The highest BCUT2D eigenvalue weighted by Gasteiger charge is 2.29. The smallest absolute Gasteiger partial charge is 0.324 e. The first kappa shape index (κ1) is 16.0. The Morgan fingerprint density at radius 3 is 2.62 bits per heavy atom. The van der Waals surface area contributed by atoms with E-state index in [9.17, 15) is 19.2 Å². The molecule has 0 unspecified atom stereocenters. The Labute approximate surface area is 138 Å². The summed E-state index contributed by atoms with van der Waals surface area (Å²) >= 11 is 0. The van der Waals surface area contributed by atoms with E-state index in [1.165, 1.54) is 0 Å². The SMILES string of the molecule is O=C(CNC(=O)c1ccccc1CN1C(=O)CNC1=O)NC1CC1. The van der Waals surface area contributed by atoms with E-state index < -0.39 is 11.9 Å². The van der Waals surface area contributed by atoms with E-state index in [-0.39, 0.29) is 37.5 Å². The number of benzene rings is 1. The number of hydrogen-bond donors (Lipinski definition) is 3. The summed E-state index contributed by atoms with van der Waals surface area (Å²) in [5, 5.41) is 7.79. The van der Waals surface area contributed by atoms with Gasteiger partial charge in [-0.15, -0.1) is 0 Å². The lowest BCUT2D eigenvalue weighted by atomic mass is 10.1. The first-order chi connectivity index (χ1) is 11.5. The van der Waals surface area contributed by atoms with Gasteiger partial charge in [0.25, 0.3) is 5.91 Å². The average molecular weight is 330 g/mol. The van der Waals surface area contributed by atoms with Crippen LogP contribution in [0.3, 0.4) is 0 Å². The Bertz CT molecular complexity index is 683. The monoisotopic (exact) mass is 330 g/mol. The highest BCUT2D eigenvalue weighted by atomic mass is 16.2. The summed E-state index contributed by atoms with van der Waals surface area (Å²) < 4.78 is 0. The van der Waals surface area contributed by atoms with Gasteiger partial charge in [0.15, 0.2) is 0 Å². The molecule has 2 aliphatic rings. The molecule has 5 amide bonds. The van der Waals surface area contributed by atoms with E-state index in [0.717, 1.165) is 17.7 Å². The lowest BCUT2D eigenvalue weighted by Crippen LogP contribution is -2.38. The Morgan fingerprint density at radius 2 is 1.96 bits per heavy atom. The molecule has 0 atom stereocenters. The van der Waals surface area contributed by atoms with Crippen LogP contribution in [-0.4, -0.2) is 47.8 Å². The zero-order chi connectivity index (χ0) is 17.1. The molecule has 8 heteroatoms. The van der Waals surface area contributed by atoms with Gasteiger partial charge in [0.05, 0.1) is 19.6 Å². The molecule has 1 aromatic carbocycles. The minimum absolute atomic E-state index is 0.0164. The summed E-state index contributed by atoms with van der Waals surface area (Å²) in [7, 11) is 0. The average Bonchev–Trinajstić information content (AvgIpc) is 3.33. The molecule has 1 saturated carbocycles. The number of carbonyl (C=O) groups excluding carboxylic acids is 4. The molecule has 0 bridgehead atoms. The highest BCUT2D eigenvalue weighted by molar-refractivity contribution is 6.02. The van der Waals surface area contributed by atoms with Gasteiger partial charge >= 0.3 is 6.03 Å². The van der Waals surface area contributed by atoms with Gasteiger partial charge in [-0.1, -0.05) is 18.2 Å². The maximum Gasteiger partial charge on any atom is 0.324 e. The number of rotatable bonds is 6. The molecule has 1 aliphatic carbocycles. The topological polar surface area (TPSA) is 108 Å². The largest absolute Gasteiger partial charge is 0.352 e. The highest BCUT2D eigenvalue weighted by Crippen LogP contribution is 2.18. The molecule has 1 saturated heterocycles. The number of amides is 5. The van der Waals surface area contributed by atoms with Gasteiger partial charge in [0, 0.05) is 11.6 Å².